The van der Waals surface area contributed by atoms with E-state index < -0.39 is 0 Å². The highest BCUT2D eigenvalue weighted by molar-refractivity contribution is 6.30. The molecule has 3 heteroatoms. The number of phenols is 1. The van der Waals surface area contributed by atoms with E-state index in [0.29, 0.717) is 11.8 Å². The number of halogens is 1. The Morgan fingerprint density at radius 3 is 2.70 bits per heavy atom. The van der Waals surface area contributed by atoms with Crippen LogP contribution >= 0.6 is 11.6 Å². The number of nitrogens with one attached hydrogen (secondary N) is 1. The fourth-order valence-corrected chi connectivity index (χ4v) is 2.91. The Bertz CT molecular complexity index is 594. The third-order valence-electron chi connectivity index (χ3n) is 3.93. The van der Waals surface area contributed by atoms with Gasteiger partial charge in [0.05, 0.1) is 0 Å². The molecule has 0 aromatic heterocycles. The van der Waals surface area contributed by atoms with Crippen molar-refractivity contribution in [2.75, 3.05) is 0 Å². The summed E-state index contributed by atoms with van der Waals surface area (Å²) in [6.45, 7) is 0.857. The number of rotatable bonds is 3. The van der Waals surface area contributed by atoms with Crippen LogP contribution in [-0.4, -0.2) is 11.1 Å². The molecule has 1 aliphatic carbocycles. The molecule has 1 aliphatic rings. The van der Waals surface area contributed by atoms with Crippen molar-refractivity contribution in [1.82, 2.24) is 5.32 Å². The monoisotopic (exact) mass is 287 g/mol. The lowest BCUT2D eigenvalue weighted by Crippen LogP contribution is -2.34. The lowest BCUT2D eigenvalue weighted by molar-refractivity contribution is 0.449. The highest BCUT2D eigenvalue weighted by Crippen LogP contribution is 2.25. The highest BCUT2D eigenvalue weighted by Gasteiger charge is 2.18. The van der Waals surface area contributed by atoms with Crippen molar-refractivity contribution in [2.45, 2.75) is 31.8 Å². The Morgan fingerprint density at radius 2 is 1.90 bits per heavy atom. The van der Waals surface area contributed by atoms with Crippen molar-refractivity contribution in [2.24, 2.45) is 0 Å². The van der Waals surface area contributed by atoms with Crippen LogP contribution in [0.3, 0.4) is 0 Å². The standard InChI is InChI=1S/C17H18ClNO/c18-15-5-1-12(2-6-15)11-19-16-7-3-13-4-8-17(20)10-14(13)9-16/h1-2,4-6,8,10,16,19-20H,3,7,9,11H2. The van der Waals surface area contributed by atoms with Crippen LogP contribution in [0.15, 0.2) is 42.5 Å². The van der Waals surface area contributed by atoms with Gasteiger partial charge in [-0.3, -0.25) is 0 Å². The second kappa shape index (κ2) is 5.86. The van der Waals surface area contributed by atoms with Crippen molar-refractivity contribution in [3.8, 4) is 5.75 Å². The van der Waals surface area contributed by atoms with Gasteiger partial charge in [-0.25, -0.2) is 0 Å². The molecule has 3 rings (SSSR count). The molecule has 1 atom stereocenters. The summed E-state index contributed by atoms with van der Waals surface area (Å²) in [6, 6.07) is 14.1. The zero-order valence-electron chi connectivity index (χ0n) is 11.3. The number of hydrogen-bond donors (Lipinski definition) is 2. The lowest BCUT2D eigenvalue weighted by atomic mass is 9.88. The Labute approximate surface area is 124 Å². The van der Waals surface area contributed by atoms with Gasteiger partial charge >= 0.3 is 0 Å². The SMILES string of the molecule is Oc1ccc2c(c1)CC(NCc1ccc(Cl)cc1)CC2. The third kappa shape index (κ3) is 3.14. The lowest BCUT2D eigenvalue weighted by Gasteiger charge is -2.25. The highest BCUT2D eigenvalue weighted by atomic mass is 35.5. The molecule has 2 N–H and O–H groups in total. The zero-order chi connectivity index (χ0) is 13.9. The van der Waals surface area contributed by atoms with Crippen LogP contribution in [0.1, 0.15) is 23.1 Å². The minimum Gasteiger partial charge on any atom is -0.508 e. The second-order valence-corrected chi connectivity index (χ2v) is 5.84. The van der Waals surface area contributed by atoms with Crippen molar-refractivity contribution < 1.29 is 5.11 Å². The number of aromatic hydroxyl groups is 1. The van der Waals surface area contributed by atoms with E-state index in [1.54, 1.807) is 6.07 Å². The van der Waals surface area contributed by atoms with Gasteiger partial charge < -0.3 is 10.4 Å². The van der Waals surface area contributed by atoms with Crippen LogP contribution in [0.5, 0.6) is 5.75 Å². The van der Waals surface area contributed by atoms with E-state index in [0.717, 1.165) is 30.8 Å². The van der Waals surface area contributed by atoms with Gasteiger partial charge in [0, 0.05) is 17.6 Å². The number of hydrogen-bond acceptors (Lipinski definition) is 2. The first-order valence-electron chi connectivity index (χ1n) is 6.99. The first-order chi connectivity index (χ1) is 9.70. The van der Waals surface area contributed by atoms with Crippen LogP contribution in [0.4, 0.5) is 0 Å². The molecule has 0 aliphatic heterocycles. The third-order valence-corrected chi connectivity index (χ3v) is 4.18. The van der Waals surface area contributed by atoms with E-state index in [1.165, 1.54) is 16.7 Å². The summed E-state index contributed by atoms with van der Waals surface area (Å²) in [4.78, 5) is 0. The summed E-state index contributed by atoms with van der Waals surface area (Å²) in [5.74, 6) is 0.363. The van der Waals surface area contributed by atoms with Crippen LogP contribution in [0.25, 0.3) is 0 Å². The number of benzene rings is 2. The summed E-state index contributed by atoms with van der Waals surface area (Å²) in [5, 5.41) is 13.9. The summed E-state index contributed by atoms with van der Waals surface area (Å²) in [7, 11) is 0. The molecule has 0 radical (unpaired) electrons. The molecule has 0 fully saturated rings. The number of phenolic OH excluding ortho intramolecular Hbond substituents is 1. The summed E-state index contributed by atoms with van der Waals surface area (Å²) in [5.41, 5.74) is 3.88. The minimum atomic E-state index is 0.363. The van der Waals surface area contributed by atoms with Gasteiger partial charge in [0.2, 0.25) is 0 Å². The van der Waals surface area contributed by atoms with E-state index in [9.17, 15) is 5.11 Å². The van der Waals surface area contributed by atoms with Crippen LogP contribution in [0.2, 0.25) is 5.02 Å². The van der Waals surface area contributed by atoms with E-state index in [2.05, 4.69) is 17.4 Å². The summed E-state index contributed by atoms with van der Waals surface area (Å²) < 4.78 is 0. The van der Waals surface area contributed by atoms with Crippen LogP contribution in [0, 0.1) is 0 Å². The van der Waals surface area contributed by atoms with Gasteiger partial charge in [0.25, 0.3) is 0 Å². The maximum absolute atomic E-state index is 9.58. The zero-order valence-corrected chi connectivity index (χ0v) is 12.0. The van der Waals surface area contributed by atoms with E-state index in [-0.39, 0.29) is 0 Å². The predicted octanol–water partition coefficient (Wildman–Crippen LogP) is 3.69. The van der Waals surface area contributed by atoms with Crippen molar-refractivity contribution in [3.63, 3.8) is 0 Å². The number of aryl methyl sites for hydroxylation is 1. The molecule has 2 aromatic carbocycles. The Balaban J connectivity index is 1.61. The molecular weight excluding hydrogens is 270 g/mol. The van der Waals surface area contributed by atoms with E-state index in [1.807, 2.05) is 24.3 Å². The summed E-state index contributed by atoms with van der Waals surface area (Å²) in [6.07, 6.45) is 3.20. The average molecular weight is 288 g/mol. The van der Waals surface area contributed by atoms with Gasteiger partial charge in [-0.2, -0.15) is 0 Å². The molecule has 0 bridgehead atoms. The Morgan fingerprint density at radius 1 is 1.10 bits per heavy atom. The predicted molar refractivity (Wildman–Crippen MR) is 82.2 cm³/mol. The molecular formula is C17H18ClNO. The fourth-order valence-electron chi connectivity index (χ4n) is 2.78. The first-order valence-corrected chi connectivity index (χ1v) is 7.37. The van der Waals surface area contributed by atoms with Gasteiger partial charge in [-0.1, -0.05) is 29.8 Å². The quantitative estimate of drug-likeness (QED) is 0.902. The molecule has 0 saturated carbocycles. The van der Waals surface area contributed by atoms with Crippen molar-refractivity contribution >= 4 is 11.6 Å². The van der Waals surface area contributed by atoms with Gasteiger partial charge in [-0.05, 0) is 60.2 Å². The molecule has 20 heavy (non-hydrogen) atoms. The smallest absolute Gasteiger partial charge is 0.115 e. The fraction of sp³-hybridized carbons (Fsp3) is 0.294. The van der Waals surface area contributed by atoms with Gasteiger partial charge in [-0.15, -0.1) is 0 Å². The first kappa shape index (κ1) is 13.5. The topological polar surface area (TPSA) is 32.3 Å². The molecule has 1 unspecified atom stereocenters. The van der Waals surface area contributed by atoms with E-state index in [4.69, 9.17) is 11.6 Å². The maximum atomic E-state index is 9.58. The van der Waals surface area contributed by atoms with Crippen molar-refractivity contribution in [1.29, 1.82) is 0 Å². The Hall–Kier alpha value is -1.51. The number of fused-ring (bicyclic) bond motifs is 1. The second-order valence-electron chi connectivity index (χ2n) is 5.40. The average Bonchev–Trinajstić information content (AvgIpc) is 2.46. The molecule has 104 valence electrons. The van der Waals surface area contributed by atoms with Crippen molar-refractivity contribution in [3.05, 3.63) is 64.2 Å². The molecule has 2 aromatic rings. The van der Waals surface area contributed by atoms with Crippen LogP contribution in [-0.2, 0) is 19.4 Å². The van der Waals surface area contributed by atoms with Gasteiger partial charge in [0.15, 0.2) is 0 Å². The largest absolute Gasteiger partial charge is 0.508 e. The normalized spacial score (nSPS) is 17.8. The molecule has 0 saturated heterocycles. The Kier molecular flexibility index (Phi) is 3.95. The minimum absolute atomic E-state index is 0.363. The summed E-state index contributed by atoms with van der Waals surface area (Å²) >= 11 is 5.89. The molecule has 0 heterocycles. The molecule has 0 spiro atoms. The van der Waals surface area contributed by atoms with Crippen LogP contribution < -0.4 is 5.32 Å². The molecule has 0 amide bonds. The maximum Gasteiger partial charge on any atom is 0.115 e. The molecule has 2 nitrogen and oxygen atoms in total. The van der Waals surface area contributed by atoms with Gasteiger partial charge in [0.1, 0.15) is 5.75 Å². The van der Waals surface area contributed by atoms with E-state index >= 15 is 0 Å².